The Morgan fingerprint density at radius 2 is 1.71 bits per heavy atom. The summed E-state index contributed by atoms with van der Waals surface area (Å²) < 4.78 is 0. The van der Waals surface area contributed by atoms with E-state index in [-0.39, 0.29) is 6.04 Å². The molecule has 4 heteroatoms. The molecule has 1 aliphatic rings. The highest BCUT2D eigenvalue weighted by Gasteiger charge is 2.29. The van der Waals surface area contributed by atoms with Gasteiger partial charge in [0.2, 0.25) is 0 Å². The molecule has 1 aromatic heterocycles. The number of aromatic nitrogens is 1. The van der Waals surface area contributed by atoms with E-state index in [1.54, 1.807) is 6.20 Å². The van der Waals surface area contributed by atoms with Gasteiger partial charge in [-0.05, 0) is 35.9 Å². The molecule has 2 heterocycles. The summed E-state index contributed by atoms with van der Waals surface area (Å²) in [6.45, 7) is 0. The minimum absolute atomic E-state index is 0.169. The second-order valence-electron chi connectivity index (χ2n) is 5.74. The standard InChI is InChI=1S/C20H16ClN3/c21-17-8-10-18(11-9-17)24-20(15-5-2-1-3-6-15)13-19(23-24)16-7-4-12-22-14-16/h1-12,14,20H,13H2/t20-/m1/s1. The average molecular weight is 334 g/mol. The fourth-order valence-corrected chi connectivity index (χ4v) is 3.11. The number of rotatable bonds is 3. The lowest BCUT2D eigenvalue weighted by molar-refractivity contribution is 0.709. The largest absolute Gasteiger partial charge is 0.264 e. The van der Waals surface area contributed by atoms with Crippen molar-refractivity contribution < 1.29 is 0 Å². The molecule has 118 valence electrons. The van der Waals surface area contributed by atoms with Gasteiger partial charge in [-0.1, -0.05) is 48.0 Å². The monoisotopic (exact) mass is 333 g/mol. The van der Waals surface area contributed by atoms with Crippen molar-refractivity contribution in [1.29, 1.82) is 0 Å². The first-order valence-corrected chi connectivity index (χ1v) is 8.27. The molecule has 0 radical (unpaired) electrons. The zero-order chi connectivity index (χ0) is 16.4. The smallest absolute Gasteiger partial charge is 0.0831 e. The Labute approximate surface area is 146 Å². The zero-order valence-corrected chi connectivity index (χ0v) is 13.8. The van der Waals surface area contributed by atoms with E-state index in [1.807, 2.05) is 42.6 Å². The van der Waals surface area contributed by atoms with Crippen LogP contribution in [0.1, 0.15) is 23.6 Å². The summed E-state index contributed by atoms with van der Waals surface area (Å²) in [6.07, 6.45) is 4.50. The van der Waals surface area contributed by atoms with Gasteiger partial charge in [0.1, 0.15) is 0 Å². The van der Waals surface area contributed by atoms with Gasteiger partial charge >= 0.3 is 0 Å². The molecule has 0 bridgehead atoms. The third kappa shape index (κ3) is 2.91. The number of benzene rings is 2. The van der Waals surface area contributed by atoms with Gasteiger partial charge in [0.05, 0.1) is 17.4 Å². The van der Waals surface area contributed by atoms with Crippen LogP contribution in [0, 0.1) is 0 Å². The maximum absolute atomic E-state index is 6.03. The van der Waals surface area contributed by atoms with Crippen molar-refractivity contribution >= 4 is 23.0 Å². The molecule has 0 saturated carbocycles. The van der Waals surface area contributed by atoms with Crippen LogP contribution >= 0.6 is 11.6 Å². The molecule has 0 saturated heterocycles. The molecule has 0 fully saturated rings. The minimum atomic E-state index is 0.169. The summed E-state index contributed by atoms with van der Waals surface area (Å²) in [5.41, 5.74) is 4.39. The minimum Gasteiger partial charge on any atom is -0.264 e. The Bertz CT molecular complexity index is 845. The van der Waals surface area contributed by atoms with Gasteiger partial charge in [-0.3, -0.25) is 9.99 Å². The molecule has 3 nitrogen and oxygen atoms in total. The predicted octanol–water partition coefficient (Wildman–Crippen LogP) is 5.09. The van der Waals surface area contributed by atoms with Crippen LogP contribution in [0.5, 0.6) is 0 Å². The lowest BCUT2D eigenvalue weighted by atomic mass is 9.99. The normalized spacial score (nSPS) is 17.0. The van der Waals surface area contributed by atoms with Crippen LogP contribution in [0.4, 0.5) is 5.69 Å². The molecular weight excluding hydrogens is 318 g/mol. The van der Waals surface area contributed by atoms with E-state index in [2.05, 4.69) is 40.3 Å². The van der Waals surface area contributed by atoms with Crippen molar-refractivity contribution in [2.45, 2.75) is 12.5 Å². The predicted molar refractivity (Wildman–Crippen MR) is 98.5 cm³/mol. The highest BCUT2D eigenvalue weighted by atomic mass is 35.5. The second kappa shape index (κ2) is 6.46. The maximum atomic E-state index is 6.03. The van der Waals surface area contributed by atoms with Crippen molar-refractivity contribution in [2.75, 3.05) is 5.01 Å². The van der Waals surface area contributed by atoms with Crippen molar-refractivity contribution in [1.82, 2.24) is 4.98 Å². The van der Waals surface area contributed by atoms with E-state index in [9.17, 15) is 0 Å². The molecular formula is C20H16ClN3. The van der Waals surface area contributed by atoms with Gasteiger partial charge in [-0.25, -0.2) is 0 Å². The summed E-state index contributed by atoms with van der Waals surface area (Å²) in [6, 6.07) is 22.4. The van der Waals surface area contributed by atoms with Gasteiger partial charge < -0.3 is 0 Å². The Kier molecular flexibility index (Phi) is 4.01. The SMILES string of the molecule is Clc1ccc(N2N=C(c3cccnc3)C[C@@H]2c2ccccc2)cc1. The van der Waals surface area contributed by atoms with E-state index in [0.717, 1.165) is 28.4 Å². The van der Waals surface area contributed by atoms with Crippen LogP contribution < -0.4 is 5.01 Å². The van der Waals surface area contributed by atoms with Crippen LogP contribution in [0.2, 0.25) is 5.02 Å². The molecule has 0 amide bonds. The first-order chi connectivity index (χ1) is 11.8. The van der Waals surface area contributed by atoms with Crippen molar-refractivity contribution in [2.24, 2.45) is 5.10 Å². The van der Waals surface area contributed by atoms with Gasteiger partial charge in [-0.2, -0.15) is 5.10 Å². The molecule has 2 aromatic carbocycles. The highest BCUT2D eigenvalue weighted by Crippen LogP contribution is 2.36. The van der Waals surface area contributed by atoms with Gasteiger partial charge in [0, 0.05) is 29.4 Å². The fraction of sp³-hybridized carbons (Fsp3) is 0.100. The summed E-state index contributed by atoms with van der Waals surface area (Å²) in [4.78, 5) is 4.22. The Morgan fingerprint density at radius 3 is 2.42 bits per heavy atom. The molecule has 0 spiro atoms. The number of hydrogen-bond acceptors (Lipinski definition) is 3. The quantitative estimate of drug-likeness (QED) is 0.667. The van der Waals surface area contributed by atoms with Gasteiger partial charge in [0.25, 0.3) is 0 Å². The number of hydrogen-bond donors (Lipinski definition) is 0. The molecule has 0 aliphatic carbocycles. The van der Waals surface area contributed by atoms with E-state index >= 15 is 0 Å². The lowest BCUT2D eigenvalue weighted by Crippen LogP contribution is -2.18. The summed E-state index contributed by atoms with van der Waals surface area (Å²) >= 11 is 6.03. The fourth-order valence-electron chi connectivity index (χ4n) is 2.98. The Morgan fingerprint density at radius 1 is 0.917 bits per heavy atom. The molecule has 24 heavy (non-hydrogen) atoms. The van der Waals surface area contributed by atoms with Crippen LogP contribution in [0.15, 0.2) is 84.2 Å². The maximum Gasteiger partial charge on any atom is 0.0831 e. The molecule has 1 atom stereocenters. The molecule has 0 N–H and O–H groups in total. The Hall–Kier alpha value is -2.65. The third-order valence-electron chi connectivity index (χ3n) is 4.18. The zero-order valence-electron chi connectivity index (χ0n) is 13.0. The van der Waals surface area contributed by atoms with Gasteiger partial charge in [-0.15, -0.1) is 0 Å². The van der Waals surface area contributed by atoms with E-state index in [1.165, 1.54) is 5.56 Å². The number of nitrogens with zero attached hydrogens (tertiary/aromatic N) is 3. The van der Waals surface area contributed by atoms with Crippen molar-refractivity contribution in [3.8, 4) is 0 Å². The molecule has 1 aliphatic heterocycles. The number of pyridine rings is 1. The second-order valence-corrected chi connectivity index (χ2v) is 6.18. The van der Waals surface area contributed by atoms with Crippen LogP contribution in [0.25, 0.3) is 0 Å². The third-order valence-corrected chi connectivity index (χ3v) is 4.43. The molecule has 4 rings (SSSR count). The number of hydrazone groups is 1. The molecule has 0 unspecified atom stereocenters. The number of halogens is 1. The lowest BCUT2D eigenvalue weighted by Gasteiger charge is -2.24. The average Bonchev–Trinajstić information content (AvgIpc) is 3.09. The highest BCUT2D eigenvalue weighted by molar-refractivity contribution is 6.30. The number of anilines is 1. The summed E-state index contributed by atoms with van der Waals surface area (Å²) in [7, 11) is 0. The van der Waals surface area contributed by atoms with E-state index in [4.69, 9.17) is 16.7 Å². The summed E-state index contributed by atoms with van der Waals surface area (Å²) in [5, 5.41) is 7.69. The van der Waals surface area contributed by atoms with E-state index in [0.29, 0.717) is 0 Å². The van der Waals surface area contributed by atoms with Crippen LogP contribution in [-0.2, 0) is 0 Å². The summed E-state index contributed by atoms with van der Waals surface area (Å²) in [5.74, 6) is 0. The first kappa shape index (κ1) is 14.9. The van der Waals surface area contributed by atoms with Crippen LogP contribution in [0.3, 0.4) is 0 Å². The van der Waals surface area contributed by atoms with E-state index < -0.39 is 0 Å². The van der Waals surface area contributed by atoms with Crippen molar-refractivity contribution in [3.05, 3.63) is 95.3 Å². The Balaban J connectivity index is 1.75. The molecule has 3 aromatic rings. The van der Waals surface area contributed by atoms with Crippen molar-refractivity contribution in [3.63, 3.8) is 0 Å². The van der Waals surface area contributed by atoms with Crippen LogP contribution in [-0.4, -0.2) is 10.7 Å². The first-order valence-electron chi connectivity index (χ1n) is 7.89. The topological polar surface area (TPSA) is 28.5 Å². The van der Waals surface area contributed by atoms with Gasteiger partial charge in [0.15, 0.2) is 0 Å².